The van der Waals surface area contributed by atoms with E-state index in [2.05, 4.69) is 31.7 Å². The van der Waals surface area contributed by atoms with E-state index in [4.69, 9.17) is 23.8 Å². The van der Waals surface area contributed by atoms with Gasteiger partial charge in [0.25, 0.3) is 5.91 Å². The van der Waals surface area contributed by atoms with E-state index >= 15 is 0 Å². The van der Waals surface area contributed by atoms with Gasteiger partial charge in [0.05, 0.1) is 11.6 Å². The average molecular weight is 509 g/mol. The summed E-state index contributed by atoms with van der Waals surface area (Å²) in [5.74, 6) is 0.0671. The predicted octanol–water partition coefficient (Wildman–Crippen LogP) is 4.24. The number of aryl methyl sites for hydroxylation is 1. The summed E-state index contributed by atoms with van der Waals surface area (Å²) in [4.78, 5) is 24.8. The summed E-state index contributed by atoms with van der Waals surface area (Å²) in [5.41, 5.74) is 2.09. The number of rotatable bonds is 6. The molecule has 0 aliphatic carbocycles. The minimum atomic E-state index is -0.283. The molecule has 3 rings (SSSR count). The number of anilines is 1. The molecular weight excluding hydrogens is 490 g/mol. The maximum Gasteiger partial charge on any atom is 0.251 e. The van der Waals surface area contributed by atoms with E-state index < -0.39 is 0 Å². The molecule has 156 valence electrons. The molecule has 2 N–H and O–H groups in total. The number of amides is 2. The first kappa shape index (κ1) is 22.2. The molecule has 2 amide bonds. The molecule has 0 radical (unpaired) electrons. The van der Waals surface area contributed by atoms with Crippen LogP contribution in [0.3, 0.4) is 0 Å². The highest BCUT2D eigenvalue weighted by atomic mass is 79.9. The number of aromatic nitrogens is 3. The van der Waals surface area contributed by atoms with Crippen molar-refractivity contribution in [2.45, 2.75) is 20.0 Å². The van der Waals surface area contributed by atoms with E-state index in [9.17, 15) is 9.59 Å². The molecule has 10 heteroatoms. The summed E-state index contributed by atoms with van der Waals surface area (Å²) in [6.07, 6.45) is 0. The van der Waals surface area contributed by atoms with Crippen molar-refractivity contribution in [3.63, 3.8) is 0 Å². The minimum Gasteiger partial charge on any atom is -0.345 e. The monoisotopic (exact) mass is 507 g/mol. The van der Waals surface area contributed by atoms with Gasteiger partial charge in [-0.15, -0.1) is 0 Å². The molecule has 30 heavy (non-hydrogen) atoms. The van der Waals surface area contributed by atoms with Crippen molar-refractivity contribution < 1.29 is 9.59 Å². The molecule has 0 spiro atoms. The van der Waals surface area contributed by atoms with Gasteiger partial charge < -0.3 is 15.2 Å². The first-order valence-electron chi connectivity index (χ1n) is 8.97. The molecule has 7 nitrogen and oxygen atoms in total. The molecule has 0 aliphatic heterocycles. The Morgan fingerprint density at radius 2 is 1.97 bits per heavy atom. The van der Waals surface area contributed by atoms with Crippen molar-refractivity contribution in [3.8, 4) is 0 Å². The second-order valence-electron chi connectivity index (χ2n) is 6.59. The third-order valence-corrected chi connectivity index (χ3v) is 6.12. The van der Waals surface area contributed by atoms with Gasteiger partial charge in [0.2, 0.25) is 5.91 Å². The first-order chi connectivity index (χ1) is 14.3. The lowest BCUT2D eigenvalue weighted by molar-refractivity contribution is -0.116. The SMILES string of the molecule is Cc1ccccc1C(=O)NCc1nn(CC(=O)Nc2ccc(Cl)c(Br)c2)c(=S)n1C. The highest BCUT2D eigenvalue weighted by Gasteiger charge is 2.14. The number of nitrogens with zero attached hydrogens (tertiary/aromatic N) is 3. The number of halogens is 2. The fourth-order valence-corrected chi connectivity index (χ4v) is 3.49. The number of benzene rings is 2. The molecule has 2 aromatic carbocycles. The highest BCUT2D eigenvalue weighted by molar-refractivity contribution is 9.10. The van der Waals surface area contributed by atoms with Gasteiger partial charge in [-0.05, 0) is 64.9 Å². The number of nitrogens with one attached hydrogen (secondary N) is 2. The van der Waals surface area contributed by atoms with Crippen molar-refractivity contribution in [1.29, 1.82) is 0 Å². The topological polar surface area (TPSA) is 80.9 Å². The van der Waals surface area contributed by atoms with Gasteiger partial charge in [-0.25, -0.2) is 4.68 Å². The highest BCUT2D eigenvalue weighted by Crippen LogP contribution is 2.25. The van der Waals surface area contributed by atoms with Gasteiger partial charge >= 0.3 is 0 Å². The molecular formula is C20H19BrClN5O2S. The zero-order valence-corrected chi connectivity index (χ0v) is 19.4. The standard InChI is InChI=1S/C20H19BrClN5O2S/c1-12-5-3-4-6-14(12)19(29)23-10-17-25-27(20(30)26(17)2)11-18(28)24-13-7-8-16(22)15(21)9-13/h3-9H,10-11H2,1-2H3,(H,23,29)(H,24,28). The molecule has 0 atom stereocenters. The third-order valence-electron chi connectivity index (χ3n) is 4.42. The summed E-state index contributed by atoms with van der Waals surface area (Å²) in [6, 6.07) is 12.4. The van der Waals surface area contributed by atoms with Crippen LogP contribution < -0.4 is 10.6 Å². The van der Waals surface area contributed by atoms with Crippen molar-refractivity contribution in [2.75, 3.05) is 5.32 Å². The van der Waals surface area contributed by atoms with Crippen molar-refractivity contribution in [3.05, 3.63) is 73.7 Å². The number of hydrogen-bond donors (Lipinski definition) is 2. The Morgan fingerprint density at radius 3 is 2.67 bits per heavy atom. The Bertz CT molecular complexity index is 1170. The van der Waals surface area contributed by atoms with E-state index in [1.54, 1.807) is 35.9 Å². The van der Waals surface area contributed by atoms with Crippen LogP contribution in [0.4, 0.5) is 5.69 Å². The number of hydrogen-bond acceptors (Lipinski definition) is 4. The van der Waals surface area contributed by atoms with Crippen LogP contribution >= 0.6 is 39.7 Å². The Labute approximate surface area is 192 Å². The summed E-state index contributed by atoms with van der Waals surface area (Å²) in [5, 5.41) is 10.6. The Kier molecular flexibility index (Phi) is 7.06. The lowest BCUT2D eigenvalue weighted by atomic mass is 10.1. The zero-order valence-electron chi connectivity index (χ0n) is 16.3. The van der Waals surface area contributed by atoms with Crippen LogP contribution in [-0.4, -0.2) is 26.2 Å². The van der Waals surface area contributed by atoms with Gasteiger partial charge in [0, 0.05) is 22.8 Å². The molecule has 1 heterocycles. The van der Waals surface area contributed by atoms with E-state index in [1.807, 2.05) is 25.1 Å². The first-order valence-corrected chi connectivity index (χ1v) is 10.6. The van der Waals surface area contributed by atoms with Gasteiger partial charge in [-0.1, -0.05) is 29.8 Å². The molecule has 0 fully saturated rings. The Morgan fingerprint density at radius 1 is 1.23 bits per heavy atom. The summed E-state index contributed by atoms with van der Waals surface area (Å²) >= 11 is 14.7. The number of carbonyl (C=O) groups is 2. The molecule has 0 bridgehead atoms. The number of carbonyl (C=O) groups excluding carboxylic acids is 2. The Balaban J connectivity index is 1.66. The van der Waals surface area contributed by atoms with Crippen LogP contribution in [0.1, 0.15) is 21.7 Å². The Hall–Kier alpha value is -2.49. The summed E-state index contributed by atoms with van der Waals surface area (Å²) in [7, 11) is 1.75. The van der Waals surface area contributed by atoms with Gasteiger partial charge in [-0.2, -0.15) is 5.10 Å². The van der Waals surface area contributed by atoms with E-state index in [0.29, 0.717) is 31.3 Å². The van der Waals surface area contributed by atoms with Crippen LogP contribution in [-0.2, 0) is 24.9 Å². The maximum absolute atomic E-state index is 12.4. The lowest BCUT2D eigenvalue weighted by Crippen LogP contribution is -2.25. The second kappa shape index (κ2) is 9.55. The van der Waals surface area contributed by atoms with Crippen LogP contribution in [0.2, 0.25) is 5.02 Å². The zero-order chi connectivity index (χ0) is 21.8. The second-order valence-corrected chi connectivity index (χ2v) is 8.22. The van der Waals surface area contributed by atoms with Gasteiger partial charge in [-0.3, -0.25) is 9.59 Å². The van der Waals surface area contributed by atoms with Crippen molar-refractivity contribution in [1.82, 2.24) is 19.7 Å². The fraction of sp³-hybridized carbons (Fsp3) is 0.200. The van der Waals surface area contributed by atoms with Gasteiger partial charge in [0.15, 0.2) is 10.6 Å². The maximum atomic E-state index is 12.4. The van der Waals surface area contributed by atoms with Crippen LogP contribution in [0.5, 0.6) is 0 Å². The van der Waals surface area contributed by atoms with Gasteiger partial charge in [0.1, 0.15) is 6.54 Å². The van der Waals surface area contributed by atoms with Crippen molar-refractivity contribution >= 4 is 57.3 Å². The largest absolute Gasteiger partial charge is 0.345 e. The molecule has 3 aromatic rings. The third kappa shape index (κ3) is 5.16. The lowest BCUT2D eigenvalue weighted by Gasteiger charge is -2.07. The molecule has 0 saturated carbocycles. The van der Waals surface area contributed by atoms with E-state index in [0.717, 1.165) is 5.56 Å². The van der Waals surface area contributed by atoms with Crippen LogP contribution in [0.15, 0.2) is 46.9 Å². The predicted molar refractivity (Wildman–Crippen MR) is 122 cm³/mol. The van der Waals surface area contributed by atoms with E-state index in [-0.39, 0.29) is 24.9 Å². The molecule has 0 unspecified atom stereocenters. The van der Waals surface area contributed by atoms with Crippen LogP contribution in [0, 0.1) is 11.7 Å². The van der Waals surface area contributed by atoms with Crippen LogP contribution in [0.25, 0.3) is 0 Å². The summed E-state index contributed by atoms with van der Waals surface area (Å²) < 4.78 is 4.15. The fourth-order valence-electron chi connectivity index (χ4n) is 2.78. The average Bonchev–Trinajstić information content (AvgIpc) is 2.97. The minimum absolute atomic E-state index is 0.0569. The quantitative estimate of drug-likeness (QED) is 0.488. The molecule has 0 saturated heterocycles. The molecule has 1 aromatic heterocycles. The molecule has 0 aliphatic rings. The van der Waals surface area contributed by atoms with Crippen molar-refractivity contribution in [2.24, 2.45) is 7.05 Å². The smallest absolute Gasteiger partial charge is 0.251 e. The van der Waals surface area contributed by atoms with E-state index in [1.165, 1.54) is 4.68 Å². The normalized spacial score (nSPS) is 10.7. The summed E-state index contributed by atoms with van der Waals surface area (Å²) in [6.45, 7) is 2.01.